The third kappa shape index (κ3) is 3.55. The Morgan fingerprint density at radius 2 is 2.32 bits per heavy atom. The van der Waals surface area contributed by atoms with Gasteiger partial charge in [-0.05, 0) is 30.5 Å². The number of benzene rings is 1. The minimum atomic E-state index is 0.754. The second-order valence-electron chi connectivity index (χ2n) is 4.90. The van der Waals surface area contributed by atoms with Gasteiger partial charge in [0.1, 0.15) is 5.75 Å². The molecule has 1 saturated carbocycles. The third-order valence-corrected chi connectivity index (χ3v) is 4.23. The van der Waals surface area contributed by atoms with Crippen molar-refractivity contribution in [2.45, 2.75) is 31.8 Å². The van der Waals surface area contributed by atoms with Gasteiger partial charge in [-0.15, -0.1) is 11.3 Å². The van der Waals surface area contributed by atoms with E-state index >= 15 is 0 Å². The molecule has 0 bridgehead atoms. The molecule has 1 aromatic heterocycles. The van der Waals surface area contributed by atoms with Crippen LogP contribution in [0.1, 0.15) is 28.3 Å². The lowest BCUT2D eigenvalue weighted by Crippen LogP contribution is -2.14. The predicted molar refractivity (Wildman–Crippen MR) is 77.8 cm³/mol. The molecule has 0 spiro atoms. The number of thiazole rings is 1. The zero-order valence-corrected chi connectivity index (χ0v) is 11.9. The van der Waals surface area contributed by atoms with Crippen molar-refractivity contribution in [3.8, 4) is 5.75 Å². The van der Waals surface area contributed by atoms with E-state index < -0.39 is 0 Å². The summed E-state index contributed by atoms with van der Waals surface area (Å²) in [7, 11) is 1.70. The average molecular weight is 274 g/mol. The van der Waals surface area contributed by atoms with E-state index in [9.17, 15) is 0 Å². The number of nitrogens with one attached hydrogen (secondary N) is 1. The van der Waals surface area contributed by atoms with Crippen molar-refractivity contribution in [3.05, 3.63) is 45.9 Å². The molecule has 1 heterocycles. The smallest absolute Gasteiger partial charge is 0.119 e. The second-order valence-corrected chi connectivity index (χ2v) is 6.10. The molecule has 0 saturated heterocycles. The molecule has 0 aliphatic heterocycles. The summed E-state index contributed by atoms with van der Waals surface area (Å²) in [6.07, 6.45) is 5.53. The van der Waals surface area contributed by atoms with Crippen LogP contribution in [0.3, 0.4) is 0 Å². The molecule has 0 amide bonds. The second kappa shape index (κ2) is 5.72. The van der Waals surface area contributed by atoms with Crippen LogP contribution in [0, 0.1) is 0 Å². The number of rotatable bonds is 6. The number of aromatic nitrogens is 1. The molecule has 4 heteroatoms. The van der Waals surface area contributed by atoms with Crippen molar-refractivity contribution in [1.82, 2.24) is 10.3 Å². The van der Waals surface area contributed by atoms with Gasteiger partial charge in [0, 0.05) is 30.1 Å². The molecule has 1 fully saturated rings. The fourth-order valence-electron chi connectivity index (χ4n) is 2.00. The van der Waals surface area contributed by atoms with Gasteiger partial charge in [-0.25, -0.2) is 4.98 Å². The summed E-state index contributed by atoms with van der Waals surface area (Å²) < 4.78 is 5.24. The van der Waals surface area contributed by atoms with Gasteiger partial charge in [-0.2, -0.15) is 0 Å². The van der Waals surface area contributed by atoms with Crippen LogP contribution in [0.4, 0.5) is 0 Å². The maximum Gasteiger partial charge on any atom is 0.119 e. The van der Waals surface area contributed by atoms with Crippen LogP contribution in [0.15, 0.2) is 30.5 Å². The number of nitrogens with zero attached hydrogens (tertiary/aromatic N) is 1. The molecule has 3 nitrogen and oxygen atoms in total. The standard InChI is InChI=1S/C15H18N2OS/c1-18-13-4-2-3-11(7-13)8-15-17-10-14(19-15)9-16-12-5-6-12/h2-4,7,10,12,16H,5-6,8-9H2,1H3. The highest BCUT2D eigenvalue weighted by molar-refractivity contribution is 7.11. The van der Waals surface area contributed by atoms with E-state index in [-0.39, 0.29) is 0 Å². The van der Waals surface area contributed by atoms with Crippen LogP contribution in [-0.4, -0.2) is 18.1 Å². The Balaban J connectivity index is 1.61. The molecule has 3 rings (SSSR count). The summed E-state index contributed by atoms with van der Waals surface area (Å²) in [5.74, 6) is 0.907. The highest BCUT2D eigenvalue weighted by Gasteiger charge is 2.20. The Morgan fingerprint density at radius 1 is 1.42 bits per heavy atom. The molecular weight excluding hydrogens is 256 g/mol. The van der Waals surface area contributed by atoms with Crippen molar-refractivity contribution in [2.24, 2.45) is 0 Å². The quantitative estimate of drug-likeness (QED) is 0.879. The summed E-state index contributed by atoms with van der Waals surface area (Å²) in [6.45, 7) is 0.959. The Kier molecular flexibility index (Phi) is 3.80. The van der Waals surface area contributed by atoms with Crippen LogP contribution in [-0.2, 0) is 13.0 Å². The van der Waals surface area contributed by atoms with E-state index in [1.165, 1.54) is 28.3 Å². The first-order chi connectivity index (χ1) is 9.33. The monoisotopic (exact) mass is 274 g/mol. The molecular formula is C15H18N2OS. The molecule has 2 aromatic rings. The average Bonchev–Trinajstić information content (AvgIpc) is 3.17. The number of hydrogen-bond donors (Lipinski definition) is 1. The summed E-state index contributed by atoms with van der Waals surface area (Å²) in [5.41, 5.74) is 1.25. The summed E-state index contributed by atoms with van der Waals surface area (Å²) in [4.78, 5) is 5.83. The number of ether oxygens (including phenoxy) is 1. The molecule has 0 unspecified atom stereocenters. The minimum Gasteiger partial charge on any atom is -0.497 e. The van der Waals surface area contributed by atoms with Crippen LogP contribution < -0.4 is 10.1 Å². The normalized spacial score (nSPS) is 14.6. The lowest BCUT2D eigenvalue weighted by Gasteiger charge is -2.02. The zero-order chi connectivity index (χ0) is 13.1. The first-order valence-electron chi connectivity index (χ1n) is 6.63. The minimum absolute atomic E-state index is 0.754. The van der Waals surface area contributed by atoms with E-state index in [1.807, 2.05) is 18.3 Å². The first-order valence-corrected chi connectivity index (χ1v) is 7.45. The molecule has 1 aliphatic carbocycles. The maximum atomic E-state index is 5.24. The van der Waals surface area contributed by atoms with Gasteiger partial charge < -0.3 is 10.1 Å². The largest absolute Gasteiger partial charge is 0.497 e. The topological polar surface area (TPSA) is 34.1 Å². The molecule has 0 radical (unpaired) electrons. The van der Waals surface area contributed by atoms with E-state index in [2.05, 4.69) is 22.4 Å². The summed E-state index contributed by atoms with van der Waals surface area (Å²) in [6, 6.07) is 8.94. The van der Waals surface area contributed by atoms with Gasteiger partial charge in [-0.3, -0.25) is 0 Å². The van der Waals surface area contributed by atoms with Crippen LogP contribution in [0.25, 0.3) is 0 Å². The summed E-state index contributed by atoms with van der Waals surface area (Å²) >= 11 is 1.80. The van der Waals surface area contributed by atoms with Crippen molar-refractivity contribution < 1.29 is 4.74 Å². The van der Waals surface area contributed by atoms with Crippen LogP contribution in [0.2, 0.25) is 0 Å². The predicted octanol–water partition coefficient (Wildman–Crippen LogP) is 2.99. The third-order valence-electron chi connectivity index (χ3n) is 3.23. The molecule has 0 atom stereocenters. The Morgan fingerprint density at radius 3 is 3.11 bits per heavy atom. The van der Waals surface area contributed by atoms with Gasteiger partial charge in [-0.1, -0.05) is 12.1 Å². The van der Waals surface area contributed by atoms with Crippen LogP contribution in [0.5, 0.6) is 5.75 Å². The van der Waals surface area contributed by atoms with E-state index in [0.29, 0.717) is 0 Å². The van der Waals surface area contributed by atoms with E-state index in [1.54, 1.807) is 18.4 Å². The fraction of sp³-hybridized carbons (Fsp3) is 0.400. The van der Waals surface area contributed by atoms with Crippen molar-refractivity contribution >= 4 is 11.3 Å². The highest BCUT2D eigenvalue weighted by atomic mass is 32.1. The van der Waals surface area contributed by atoms with Gasteiger partial charge >= 0.3 is 0 Å². The Labute approximate surface area is 117 Å². The molecule has 19 heavy (non-hydrogen) atoms. The lowest BCUT2D eigenvalue weighted by molar-refractivity contribution is 0.414. The molecule has 1 aliphatic rings. The van der Waals surface area contributed by atoms with E-state index in [4.69, 9.17) is 4.74 Å². The Hall–Kier alpha value is -1.39. The SMILES string of the molecule is COc1cccc(Cc2ncc(CNC3CC3)s2)c1. The molecule has 1 N–H and O–H groups in total. The summed E-state index contributed by atoms with van der Waals surface area (Å²) in [5, 5.41) is 4.69. The van der Waals surface area contributed by atoms with Gasteiger partial charge in [0.15, 0.2) is 0 Å². The first kappa shape index (κ1) is 12.6. The van der Waals surface area contributed by atoms with E-state index in [0.717, 1.165) is 24.8 Å². The fourth-order valence-corrected chi connectivity index (χ4v) is 2.91. The number of methoxy groups -OCH3 is 1. The van der Waals surface area contributed by atoms with Crippen LogP contribution >= 0.6 is 11.3 Å². The lowest BCUT2D eigenvalue weighted by atomic mass is 10.1. The van der Waals surface area contributed by atoms with Crippen molar-refractivity contribution in [2.75, 3.05) is 7.11 Å². The zero-order valence-electron chi connectivity index (χ0n) is 11.1. The van der Waals surface area contributed by atoms with Crippen molar-refractivity contribution in [3.63, 3.8) is 0 Å². The van der Waals surface area contributed by atoms with Gasteiger partial charge in [0.2, 0.25) is 0 Å². The number of hydrogen-bond acceptors (Lipinski definition) is 4. The maximum absolute atomic E-state index is 5.24. The highest BCUT2D eigenvalue weighted by Crippen LogP contribution is 2.22. The Bertz CT molecular complexity index is 549. The van der Waals surface area contributed by atoms with Gasteiger partial charge in [0.05, 0.1) is 12.1 Å². The molecule has 100 valence electrons. The van der Waals surface area contributed by atoms with Crippen molar-refractivity contribution in [1.29, 1.82) is 0 Å². The van der Waals surface area contributed by atoms with Gasteiger partial charge in [0.25, 0.3) is 0 Å². The molecule has 1 aromatic carbocycles.